The molecule has 0 bridgehead atoms. The number of fused-ring (bicyclic) bond motifs is 3. The number of benzene rings is 3. The standard InChI is InChI=1S/C27H28N2O3S/c1-3-32-21-13-11-20(12-14-21)29-33(30,31)22-15-16-26-25(17-22)23-5-4-6-24(23)27(28-26)19-9-7-18(2)8-10-19/h4-5,7-17,23-24,27-29H,3,6H2,1-2H3/t23-,24+,27+/m0/s1. The molecule has 2 aliphatic rings. The van der Waals surface area contributed by atoms with Gasteiger partial charge in [0, 0.05) is 17.3 Å². The molecule has 0 radical (unpaired) electrons. The van der Waals surface area contributed by atoms with E-state index in [4.69, 9.17) is 4.74 Å². The van der Waals surface area contributed by atoms with Crippen LogP contribution < -0.4 is 14.8 Å². The fourth-order valence-corrected chi connectivity index (χ4v) is 5.94. The van der Waals surface area contributed by atoms with Crippen LogP contribution in [0.15, 0.2) is 83.8 Å². The summed E-state index contributed by atoms with van der Waals surface area (Å²) < 4.78 is 34.4. The van der Waals surface area contributed by atoms with Crippen molar-refractivity contribution in [2.24, 2.45) is 5.92 Å². The first-order valence-corrected chi connectivity index (χ1v) is 12.8. The van der Waals surface area contributed by atoms with Gasteiger partial charge in [-0.25, -0.2) is 8.42 Å². The number of ether oxygens (including phenoxy) is 1. The summed E-state index contributed by atoms with van der Waals surface area (Å²) in [4.78, 5) is 0.268. The smallest absolute Gasteiger partial charge is 0.261 e. The molecule has 1 aliphatic heterocycles. The van der Waals surface area contributed by atoms with Crippen LogP contribution in [-0.4, -0.2) is 15.0 Å². The van der Waals surface area contributed by atoms with Crippen LogP contribution in [0.2, 0.25) is 0 Å². The molecule has 3 aromatic rings. The first-order valence-electron chi connectivity index (χ1n) is 11.3. The zero-order valence-electron chi connectivity index (χ0n) is 18.8. The molecule has 0 saturated heterocycles. The van der Waals surface area contributed by atoms with Crippen LogP contribution in [0.5, 0.6) is 5.75 Å². The molecule has 3 aromatic carbocycles. The number of aryl methyl sites for hydroxylation is 1. The lowest BCUT2D eigenvalue weighted by molar-refractivity contribution is 0.340. The van der Waals surface area contributed by atoms with E-state index < -0.39 is 10.0 Å². The highest BCUT2D eigenvalue weighted by Crippen LogP contribution is 2.50. The Labute approximate surface area is 195 Å². The Kier molecular flexibility index (Phi) is 5.62. The van der Waals surface area contributed by atoms with Gasteiger partial charge in [0.15, 0.2) is 0 Å². The SMILES string of the molecule is CCOc1ccc(NS(=O)(=O)c2ccc3c(c2)[C@H]2C=CC[C@H]2[C@@H](c2ccc(C)cc2)N3)cc1. The molecular weight excluding hydrogens is 432 g/mol. The minimum absolute atomic E-state index is 0.188. The van der Waals surface area contributed by atoms with Crippen molar-refractivity contribution < 1.29 is 13.2 Å². The number of rotatable bonds is 6. The van der Waals surface area contributed by atoms with E-state index >= 15 is 0 Å². The molecule has 1 heterocycles. The van der Waals surface area contributed by atoms with Gasteiger partial charge in [-0.3, -0.25) is 4.72 Å². The van der Waals surface area contributed by atoms with Crippen LogP contribution >= 0.6 is 0 Å². The molecule has 0 unspecified atom stereocenters. The van der Waals surface area contributed by atoms with Gasteiger partial charge >= 0.3 is 0 Å². The van der Waals surface area contributed by atoms with Gasteiger partial charge in [-0.1, -0.05) is 42.0 Å². The monoisotopic (exact) mass is 460 g/mol. The van der Waals surface area contributed by atoms with Gasteiger partial charge in [0.05, 0.1) is 17.5 Å². The number of hydrogen-bond acceptors (Lipinski definition) is 4. The largest absolute Gasteiger partial charge is 0.494 e. The van der Waals surface area contributed by atoms with E-state index in [1.165, 1.54) is 11.1 Å². The first kappa shape index (κ1) is 21.6. The molecule has 5 rings (SSSR count). The van der Waals surface area contributed by atoms with Crippen molar-refractivity contribution in [3.05, 3.63) is 95.6 Å². The topological polar surface area (TPSA) is 67.4 Å². The van der Waals surface area contributed by atoms with Crippen LogP contribution in [-0.2, 0) is 10.0 Å². The molecular formula is C27H28N2O3S. The maximum absolute atomic E-state index is 13.1. The maximum atomic E-state index is 13.1. The van der Waals surface area contributed by atoms with Gasteiger partial charge in [-0.15, -0.1) is 0 Å². The molecule has 0 fully saturated rings. The second-order valence-corrected chi connectivity index (χ2v) is 10.4. The Morgan fingerprint density at radius 1 is 1.03 bits per heavy atom. The van der Waals surface area contributed by atoms with E-state index in [-0.39, 0.29) is 16.9 Å². The van der Waals surface area contributed by atoms with E-state index in [2.05, 4.69) is 53.4 Å². The number of anilines is 2. The summed E-state index contributed by atoms with van der Waals surface area (Å²) in [6.45, 7) is 4.57. The van der Waals surface area contributed by atoms with E-state index in [1.54, 1.807) is 30.3 Å². The fourth-order valence-electron chi connectivity index (χ4n) is 4.84. The lowest BCUT2D eigenvalue weighted by atomic mass is 9.77. The molecule has 3 atom stereocenters. The third-order valence-corrected chi connectivity index (χ3v) is 7.88. The van der Waals surface area contributed by atoms with Crippen LogP contribution in [0.25, 0.3) is 0 Å². The van der Waals surface area contributed by atoms with E-state index in [1.807, 2.05) is 19.1 Å². The molecule has 33 heavy (non-hydrogen) atoms. The van der Waals surface area contributed by atoms with Crippen molar-refractivity contribution in [3.8, 4) is 5.75 Å². The third kappa shape index (κ3) is 4.23. The Hall–Kier alpha value is -3.25. The molecule has 0 amide bonds. The minimum Gasteiger partial charge on any atom is -0.494 e. The lowest BCUT2D eigenvalue weighted by Gasteiger charge is -2.37. The van der Waals surface area contributed by atoms with Crippen LogP contribution in [0.4, 0.5) is 11.4 Å². The zero-order valence-corrected chi connectivity index (χ0v) is 19.6. The van der Waals surface area contributed by atoms with E-state index in [0.29, 0.717) is 24.0 Å². The van der Waals surface area contributed by atoms with Crippen LogP contribution in [0.3, 0.4) is 0 Å². The fraction of sp³-hybridized carbons (Fsp3) is 0.259. The quantitative estimate of drug-likeness (QED) is 0.441. The average molecular weight is 461 g/mol. The van der Waals surface area contributed by atoms with Crippen LogP contribution in [0, 0.1) is 12.8 Å². The highest BCUT2D eigenvalue weighted by molar-refractivity contribution is 7.92. The van der Waals surface area contributed by atoms with Crippen LogP contribution in [0.1, 0.15) is 42.0 Å². The van der Waals surface area contributed by atoms with Gasteiger partial charge in [0.25, 0.3) is 10.0 Å². The predicted molar refractivity (Wildman–Crippen MR) is 132 cm³/mol. The Morgan fingerprint density at radius 2 is 1.79 bits per heavy atom. The van der Waals surface area contributed by atoms with Crippen molar-refractivity contribution in [1.82, 2.24) is 0 Å². The third-order valence-electron chi connectivity index (χ3n) is 6.50. The second kappa shape index (κ2) is 8.60. The Morgan fingerprint density at radius 3 is 2.52 bits per heavy atom. The summed E-state index contributed by atoms with van der Waals surface area (Å²) in [6, 6.07) is 21.2. The summed E-state index contributed by atoms with van der Waals surface area (Å²) in [5.74, 6) is 1.26. The summed E-state index contributed by atoms with van der Waals surface area (Å²) >= 11 is 0. The van der Waals surface area contributed by atoms with Gasteiger partial charge in [-0.05, 0) is 79.8 Å². The molecule has 6 heteroatoms. The summed E-state index contributed by atoms with van der Waals surface area (Å²) in [5, 5.41) is 3.68. The lowest BCUT2D eigenvalue weighted by Crippen LogP contribution is -2.29. The highest BCUT2D eigenvalue weighted by Gasteiger charge is 2.38. The maximum Gasteiger partial charge on any atom is 0.261 e. The number of nitrogens with one attached hydrogen (secondary N) is 2. The highest BCUT2D eigenvalue weighted by atomic mass is 32.2. The van der Waals surface area contributed by atoms with E-state index in [9.17, 15) is 8.42 Å². The molecule has 170 valence electrons. The van der Waals surface area contributed by atoms with Gasteiger partial charge in [-0.2, -0.15) is 0 Å². The summed E-state index contributed by atoms with van der Waals surface area (Å²) in [7, 11) is -3.71. The van der Waals surface area contributed by atoms with Crippen molar-refractivity contribution in [1.29, 1.82) is 0 Å². The number of allylic oxidation sites excluding steroid dienone is 2. The van der Waals surface area contributed by atoms with Gasteiger partial charge in [0.2, 0.25) is 0 Å². The van der Waals surface area contributed by atoms with Gasteiger partial charge in [0.1, 0.15) is 5.75 Å². The summed E-state index contributed by atoms with van der Waals surface area (Å²) in [5.41, 5.74) is 5.04. The molecule has 0 saturated carbocycles. The molecule has 5 nitrogen and oxygen atoms in total. The first-order chi connectivity index (χ1) is 15.9. The average Bonchev–Trinajstić information content (AvgIpc) is 3.30. The van der Waals surface area contributed by atoms with Gasteiger partial charge < -0.3 is 10.1 Å². The van der Waals surface area contributed by atoms with Crippen molar-refractivity contribution in [2.75, 3.05) is 16.6 Å². The zero-order chi connectivity index (χ0) is 23.0. The number of hydrogen-bond donors (Lipinski definition) is 2. The second-order valence-electron chi connectivity index (χ2n) is 8.70. The molecule has 1 aliphatic carbocycles. The molecule has 0 aromatic heterocycles. The van der Waals surface area contributed by atoms with Crippen molar-refractivity contribution in [2.45, 2.75) is 37.1 Å². The summed E-state index contributed by atoms with van der Waals surface area (Å²) in [6.07, 6.45) is 5.41. The molecule has 2 N–H and O–H groups in total. The molecule has 0 spiro atoms. The number of sulfonamides is 1. The minimum atomic E-state index is -3.71. The Balaban J connectivity index is 1.43. The Bertz CT molecular complexity index is 1280. The van der Waals surface area contributed by atoms with Crippen molar-refractivity contribution in [3.63, 3.8) is 0 Å². The normalized spacial score (nSPS) is 21.1. The van der Waals surface area contributed by atoms with Crippen molar-refractivity contribution >= 4 is 21.4 Å². The van der Waals surface area contributed by atoms with E-state index in [0.717, 1.165) is 17.7 Å². The predicted octanol–water partition coefficient (Wildman–Crippen LogP) is 6.02.